The summed E-state index contributed by atoms with van der Waals surface area (Å²) < 4.78 is 6.67. The van der Waals surface area contributed by atoms with Crippen molar-refractivity contribution in [2.75, 3.05) is 18.9 Å². The predicted octanol–water partition coefficient (Wildman–Crippen LogP) is 1.02. The van der Waals surface area contributed by atoms with Crippen LogP contribution in [-0.4, -0.2) is 45.5 Å². The van der Waals surface area contributed by atoms with E-state index in [0.29, 0.717) is 11.8 Å². The van der Waals surface area contributed by atoms with Crippen molar-refractivity contribution in [3.8, 4) is 0 Å². The van der Waals surface area contributed by atoms with Gasteiger partial charge in [-0.05, 0) is 20.8 Å². The molecule has 0 spiro atoms. The molecule has 1 amide bonds. The molecule has 1 aromatic rings. The van der Waals surface area contributed by atoms with Crippen LogP contribution in [0.5, 0.6) is 0 Å². The van der Waals surface area contributed by atoms with Crippen molar-refractivity contribution in [2.45, 2.75) is 38.4 Å². The van der Waals surface area contributed by atoms with E-state index in [0.717, 1.165) is 0 Å². The van der Waals surface area contributed by atoms with E-state index in [1.165, 1.54) is 11.8 Å². The Bertz CT molecular complexity index is 448. The number of nitrogens with one attached hydrogen (secondary N) is 1. The number of esters is 1. The van der Waals surface area contributed by atoms with Gasteiger partial charge in [-0.15, -0.1) is 10.2 Å². The zero-order valence-corrected chi connectivity index (χ0v) is 12.8. The number of carbonyl (C=O) groups excluding carboxylic acids is 2. The molecule has 1 aromatic heterocycles. The fraction of sp³-hybridized carbons (Fsp3) is 0.667. The molecule has 112 valence electrons. The fourth-order valence-corrected chi connectivity index (χ4v) is 2.28. The Morgan fingerprint density at radius 2 is 2.25 bits per heavy atom. The number of rotatable bonds is 8. The summed E-state index contributed by atoms with van der Waals surface area (Å²) in [5.74, 6) is -0.202. The summed E-state index contributed by atoms with van der Waals surface area (Å²) >= 11 is 1.32. The molecule has 0 saturated carbocycles. The van der Waals surface area contributed by atoms with E-state index in [1.807, 2.05) is 18.4 Å². The molecule has 0 aromatic carbocycles. The van der Waals surface area contributed by atoms with Gasteiger partial charge in [0.15, 0.2) is 5.16 Å². The van der Waals surface area contributed by atoms with Gasteiger partial charge in [0.1, 0.15) is 6.33 Å². The van der Waals surface area contributed by atoms with Crippen LogP contribution in [-0.2, 0) is 14.3 Å². The minimum absolute atomic E-state index is 0.141. The summed E-state index contributed by atoms with van der Waals surface area (Å²) in [5.41, 5.74) is 0. The first-order valence-corrected chi connectivity index (χ1v) is 7.47. The van der Waals surface area contributed by atoms with Gasteiger partial charge >= 0.3 is 5.97 Å². The number of hydrogen-bond donors (Lipinski definition) is 1. The first kappa shape index (κ1) is 16.5. The number of aromatic nitrogens is 3. The largest absolute Gasteiger partial charge is 0.466 e. The summed E-state index contributed by atoms with van der Waals surface area (Å²) in [7, 11) is 0. The van der Waals surface area contributed by atoms with Crippen molar-refractivity contribution >= 4 is 23.6 Å². The molecule has 0 aliphatic carbocycles. The summed E-state index contributed by atoms with van der Waals surface area (Å²) in [6, 6.07) is 0.249. The molecule has 7 nitrogen and oxygen atoms in total. The highest BCUT2D eigenvalue weighted by Crippen LogP contribution is 2.18. The van der Waals surface area contributed by atoms with Crippen LogP contribution in [0.15, 0.2) is 11.5 Å². The molecule has 1 heterocycles. The molecule has 1 rings (SSSR count). The lowest BCUT2D eigenvalue weighted by atomic mass is 10.4. The normalized spacial score (nSPS) is 10.6. The number of carbonyl (C=O) groups is 2. The third kappa shape index (κ3) is 5.60. The van der Waals surface area contributed by atoms with Crippen LogP contribution in [0.3, 0.4) is 0 Å². The molecule has 0 radical (unpaired) electrons. The summed E-state index contributed by atoms with van der Waals surface area (Å²) in [4.78, 5) is 22.7. The molecule has 0 bridgehead atoms. The number of thioether (sulfide) groups is 1. The third-order valence-electron chi connectivity index (χ3n) is 2.39. The SMILES string of the molecule is CCOC(=O)CCNC(=O)CSc1nncn1C(C)C. The van der Waals surface area contributed by atoms with Crippen LogP contribution >= 0.6 is 11.8 Å². The number of hydrogen-bond acceptors (Lipinski definition) is 6. The van der Waals surface area contributed by atoms with Gasteiger partial charge in [-0.3, -0.25) is 9.59 Å². The monoisotopic (exact) mass is 300 g/mol. The summed E-state index contributed by atoms with van der Waals surface area (Å²) in [5, 5.41) is 11.2. The van der Waals surface area contributed by atoms with Gasteiger partial charge in [-0.25, -0.2) is 0 Å². The molecular formula is C12H20N4O3S. The Morgan fingerprint density at radius 1 is 1.50 bits per heavy atom. The van der Waals surface area contributed by atoms with Gasteiger partial charge in [0.05, 0.1) is 18.8 Å². The van der Waals surface area contributed by atoms with Crippen molar-refractivity contribution < 1.29 is 14.3 Å². The summed E-state index contributed by atoms with van der Waals surface area (Å²) in [6.07, 6.45) is 1.83. The molecule has 0 saturated heterocycles. The molecule has 0 unspecified atom stereocenters. The highest BCUT2D eigenvalue weighted by molar-refractivity contribution is 7.99. The van der Waals surface area contributed by atoms with Crippen molar-refractivity contribution in [1.29, 1.82) is 0 Å². The maximum absolute atomic E-state index is 11.6. The van der Waals surface area contributed by atoms with E-state index in [-0.39, 0.29) is 36.6 Å². The maximum Gasteiger partial charge on any atom is 0.307 e. The minimum atomic E-state index is -0.306. The van der Waals surface area contributed by atoms with Crippen LogP contribution in [0.4, 0.5) is 0 Å². The molecule has 20 heavy (non-hydrogen) atoms. The molecule has 8 heteroatoms. The van der Waals surface area contributed by atoms with E-state index in [1.54, 1.807) is 13.3 Å². The highest BCUT2D eigenvalue weighted by atomic mass is 32.2. The topological polar surface area (TPSA) is 86.1 Å². The van der Waals surface area contributed by atoms with Crippen LogP contribution in [0, 0.1) is 0 Å². The minimum Gasteiger partial charge on any atom is -0.466 e. The molecule has 0 aliphatic rings. The van der Waals surface area contributed by atoms with Gasteiger partial charge in [0.2, 0.25) is 5.91 Å². The number of ether oxygens (including phenoxy) is 1. The second-order valence-corrected chi connectivity index (χ2v) is 5.25. The maximum atomic E-state index is 11.6. The average Bonchev–Trinajstić information content (AvgIpc) is 2.85. The van der Waals surface area contributed by atoms with Crippen molar-refractivity contribution in [3.63, 3.8) is 0 Å². The van der Waals surface area contributed by atoms with Gasteiger partial charge in [-0.2, -0.15) is 0 Å². The molecular weight excluding hydrogens is 280 g/mol. The van der Waals surface area contributed by atoms with E-state index in [9.17, 15) is 9.59 Å². The van der Waals surface area contributed by atoms with Crippen molar-refractivity contribution in [1.82, 2.24) is 20.1 Å². The van der Waals surface area contributed by atoms with E-state index in [4.69, 9.17) is 4.74 Å². The second kappa shape index (κ2) is 8.57. The second-order valence-electron chi connectivity index (χ2n) is 4.31. The molecule has 0 atom stereocenters. The van der Waals surface area contributed by atoms with Gasteiger partial charge < -0.3 is 14.6 Å². The van der Waals surface area contributed by atoms with Crippen LogP contribution in [0.1, 0.15) is 33.2 Å². The van der Waals surface area contributed by atoms with Gasteiger partial charge in [0, 0.05) is 12.6 Å². The number of nitrogens with zero attached hydrogens (tertiary/aromatic N) is 3. The fourth-order valence-electron chi connectivity index (χ4n) is 1.41. The zero-order valence-electron chi connectivity index (χ0n) is 12.0. The lowest BCUT2D eigenvalue weighted by Gasteiger charge is -2.09. The van der Waals surface area contributed by atoms with Crippen LogP contribution in [0.2, 0.25) is 0 Å². The van der Waals surface area contributed by atoms with Crippen LogP contribution < -0.4 is 5.32 Å². The van der Waals surface area contributed by atoms with Crippen LogP contribution in [0.25, 0.3) is 0 Å². The lowest BCUT2D eigenvalue weighted by Crippen LogP contribution is -2.28. The Labute approximate surface area is 122 Å². The quantitative estimate of drug-likeness (QED) is 0.570. The Morgan fingerprint density at radius 3 is 2.90 bits per heavy atom. The summed E-state index contributed by atoms with van der Waals surface area (Å²) in [6.45, 7) is 6.43. The average molecular weight is 300 g/mol. The predicted molar refractivity (Wildman–Crippen MR) is 75.4 cm³/mol. The van der Waals surface area contributed by atoms with E-state index >= 15 is 0 Å². The Kier molecular flexibility index (Phi) is 7.06. The standard InChI is InChI=1S/C12H20N4O3S/c1-4-19-11(18)5-6-13-10(17)7-20-12-15-14-8-16(12)9(2)3/h8-9H,4-7H2,1-3H3,(H,13,17). The molecule has 0 aliphatic heterocycles. The van der Waals surface area contributed by atoms with E-state index in [2.05, 4.69) is 15.5 Å². The van der Waals surface area contributed by atoms with E-state index < -0.39 is 0 Å². The zero-order chi connectivity index (χ0) is 15.0. The van der Waals surface area contributed by atoms with Crippen molar-refractivity contribution in [2.24, 2.45) is 0 Å². The smallest absolute Gasteiger partial charge is 0.307 e. The lowest BCUT2D eigenvalue weighted by molar-refractivity contribution is -0.142. The molecule has 1 N–H and O–H groups in total. The Balaban J connectivity index is 2.26. The Hall–Kier alpha value is -1.57. The van der Waals surface area contributed by atoms with Gasteiger partial charge in [0.25, 0.3) is 0 Å². The van der Waals surface area contributed by atoms with Gasteiger partial charge in [-0.1, -0.05) is 11.8 Å². The first-order valence-electron chi connectivity index (χ1n) is 6.49. The molecule has 0 fully saturated rings. The number of amides is 1. The van der Waals surface area contributed by atoms with Crippen molar-refractivity contribution in [3.05, 3.63) is 6.33 Å². The highest BCUT2D eigenvalue weighted by Gasteiger charge is 2.10. The third-order valence-corrected chi connectivity index (χ3v) is 3.34. The first-order chi connectivity index (χ1) is 9.54.